The smallest absolute Gasteiger partial charge is 0.176 e. The van der Waals surface area contributed by atoms with E-state index < -0.39 is 15.7 Å². The standard InChI is InChI=1S/C10H14FNO3S2/c1-16-10-8(11)5-7(3-4-15-12)6-9(10)17(2,13)14/h5-6H,3-4,12H2,1-2H3. The van der Waals surface area contributed by atoms with Crippen LogP contribution in [0.25, 0.3) is 0 Å². The van der Waals surface area contributed by atoms with Gasteiger partial charge in [0.25, 0.3) is 0 Å². The zero-order valence-corrected chi connectivity index (χ0v) is 11.2. The van der Waals surface area contributed by atoms with Gasteiger partial charge in [-0.15, -0.1) is 11.8 Å². The summed E-state index contributed by atoms with van der Waals surface area (Å²) in [6, 6.07) is 2.77. The minimum Gasteiger partial charge on any atom is -0.304 e. The topological polar surface area (TPSA) is 69.4 Å². The fourth-order valence-corrected chi connectivity index (χ4v) is 3.43. The Balaban J connectivity index is 3.29. The van der Waals surface area contributed by atoms with Gasteiger partial charge < -0.3 is 4.84 Å². The maximum Gasteiger partial charge on any atom is 0.176 e. The zero-order valence-electron chi connectivity index (χ0n) is 9.57. The molecule has 0 aliphatic carbocycles. The molecule has 0 unspecified atom stereocenters. The number of rotatable bonds is 5. The molecular weight excluding hydrogens is 265 g/mol. The molecule has 0 saturated heterocycles. The molecule has 0 fully saturated rings. The Bertz CT molecular complexity index is 503. The third-order valence-corrected chi connectivity index (χ3v) is 4.25. The van der Waals surface area contributed by atoms with Crippen LogP contribution in [0.2, 0.25) is 0 Å². The van der Waals surface area contributed by atoms with Crippen LogP contribution in [0.15, 0.2) is 21.9 Å². The molecule has 1 rings (SSSR count). The zero-order chi connectivity index (χ0) is 13.1. The number of halogens is 1. The molecule has 17 heavy (non-hydrogen) atoms. The summed E-state index contributed by atoms with van der Waals surface area (Å²) in [5, 5.41) is 0. The van der Waals surface area contributed by atoms with Crippen molar-refractivity contribution in [3.8, 4) is 0 Å². The SMILES string of the molecule is CSc1c(F)cc(CCON)cc1S(C)(=O)=O. The van der Waals surface area contributed by atoms with E-state index in [9.17, 15) is 12.8 Å². The highest BCUT2D eigenvalue weighted by molar-refractivity contribution is 7.99. The van der Waals surface area contributed by atoms with Gasteiger partial charge in [0.15, 0.2) is 9.84 Å². The minimum absolute atomic E-state index is 0.0111. The van der Waals surface area contributed by atoms with Crippen molar-refractivity contribution in [1.82, 2.24) is 0 Å². The Morgan fingerprint density at radius 1 is 1.47 bits per heavy atom. The van der Waals surface area contributed by atoms with E-state index in [4.69, 9.17) is 5.90 Å². The van der Waals surface area contributed by atoms with Crippen molar-refractivity contribution >= 4 is 21.6 Å². The Labute approximate surface area is 104 Å². The average Bonchev–Trinajstić information content (AvgIpc) is 2.24. The predicted octanol–water partition coefficient (Wildman–Crippen LogP) is 1.38. The van der Waals surface area contributed by atoms with Gasteiger partial charge in [0.1, 0.15) is 5.82 Å². The Morgan fingerprint density at radius 2 is 2.12 bits per heavy atom. The maximum absolute atomic E-state index is 13.7. The summed E-state index contributed by atoms with van der Waals surface area (Å²) < 4.78 is 36.8. The molecule has 0 radical (unpaired) electrons. The van der Waals surface area contributed by atoms with Crippen LogP contribution < -0.4 is 5.90 Å². The van der Waals surface area contributed by atoms with E-state index in [1.54, 1.807) is 6.26 Å². The first kappa shape index (κ1) is 14.4. The normalized spacial score (nSPS) is 11.8. The highest BCUT2D eigenvalue weighted by Crippen LogP contribution is 2.29. The average molecular weight is 279 g/mol. The predicted molar refractivity (Wildman–Crippen MR) is 65.1 cm³/mol. The summed E-state index contributed by atoms with van der Waals surface area (Å²) in [4.78, 5) is 4.55. The lowest BCUT2D eigenvalue weighted by Crippen LogP contribution is -2.07. The van der Waals surface area contributed by atoms with Gasteiger partial charge in [-0.25, -0.2) is 18.7 Å². The molecule has 0 atom stereocenters. The van der Waals surface area contributed by atoms with Crippen molar-refractivity contribution in [2.75, 3.05) is 19.1 Å². The highest BCUT2D eigenvalue weighted by Gasteiger charge is 2.18. The molecule has 96 valence electrons. The summed E-state index contributed by atoms with van der Waals surface area (Å²) in [5.74, 6) is 4.34. The largest absolute Gasteiger partial charge is 0.304 e. The molecule has 0 heterocycles. The van der Waals surface area contributed by atoms with E-state index in [0.717, 1.165) is 18.0 Å². The van der Waals surface area contributed by atoms with Gasteiger partial charge in [0.05, 0.1) is 16.4 Å². The summed E-state index contributed by atoms with van der Waals surface area (Å²) in [7, 11) is -3.45. The van der Waals surface area contributed by atoms with E-state index >= 15 is 0 Å². The molecule has 0 amide bonds. The molecule has 0 aliphatic rings. The van der Waals surface area contributed by atoms with Gasteiger partial charge in [-0.2, -0.15) is 0 Å². The van der Waals surface area contributed by atoms with Crippen molar-refractivity contribution < 1.29 is 17.6 Å². The van der Waals surface area contributed by atoms with Crippen molar-refractivity contribution in [3.05, 3.63) is 23.5 Å². The van der Waals surface area contributed by atoms with Crippen LogP contribution in [0.4, 0.5) is 4.39 Å². The van der Waals surface area contributed by atoms with Gasteiger partial charge in [0, 0.05) is 6.26 Å². The van der Waals surface area contributed by atoms with Crippen LogP contribution in [0.1, 0.15) is 5.56 Å². The van der Waals surface area contributed by atoms with Crippen LogP contribution in [0.5, 0.6) is 0 Å². The first-order valence-electron chi connectivity index (χ1n) is 4.78. The number of hydrogen-bond acceptors (Lipinski definition) is 5. The molecular formula is C10H14FNO3S2. The second-order valence-corrected chi connectivity index (χ2v) is 6.30. The number of nitrogens with two attached hydrogens (primary N) is 1. The van der Waals surface area contributed by atoms with Crippen molar-refractivity contribution in [2.45, 2.75) is 16.2 Å². The van der Waals surface area contributed by atoms with Gasteiger partial charge in [-0.3, -0.25) is 0 Å². The van der Waals surface area contributed by atoms with Crippen molar-refractivity contribution in [1.29, 1.82) is 0 Å². The summed E-state index contributed by atoms with van der Waals surface area (Å²) >= 11 is 1.07. The Hall–Kier alpha value is -0.630. The summed E-state index contributed by atoms with van der Waals surface area (Å²) in [5.41, 5.74) is 0.547. The molecule has 7 heteroatoms. The van der Waals surface area contributed by atoms with E-state index in [1.165, 1.54) is 12.1 Å². The second kappa shape index (κ2) is 5.81. The third-order valence-electron chi connectivity index (χ3n) is 2.18. The highest BCUT2D eigenvalue weighted by atomic mass is 32.2. The second-order valence-electron chi connectivity index (χ2n) is 3.50. The molecule has 2 N–H and O–H groups in total. The molecule has 0 spiro atoms. The lowest BCUT2D eigenvalue weighted by molar-refractivity contribution is 0.141. The number of thioether (sulfide) groups is 1. The quantitative estimate of drug-likeness (QED) is 0.651. The lowest BCUT2D eigenvalue weighted by Gasteiger charge is -2.09. The van der Waals surface area contributed by atoms with Crippen molar-refractivity contribution in [3.63, 3.8) is 0 Å². The number of sulfone groups is 1. The Morgan fingerprint density at radius 3 is 2.59 bits per heavy atom. The summed E-state index contributed by atoms with van der Waals surface area (Å²) in [6.07, 6.45) is 3.06. The van der Waals surface area contributed by atoms with E-state index in [2.05, 4.69) is 4.84 Å². The molecule has 4 nitrogen and oxygen atoms in total. The maximum atomic E-state index is 13.7. The molecule has 1 aromatic rings. The Kier molecular flexibility index (Phi) is 4.93. The first-order chi connectivity index (χ1) is 7.90. The molecule has 0 saturated carbocycles. The molecule has 0 aromatic heterocycles. The first-order valence-corrected chi connectivity index (χ1v) is 7.90. The van der Waals surface area contributed by atoms with Crippen LogP contribution in [0.3, 0.4) is 0 Å². The van der Waals surface area contributed by atoms with Crippen LogP contribution >= 0.6 is 11.8 Å². The van der Waals surface area contributed by atoms with Gasteiger partial charge in [-0.1, -0.05) is 0 Å². The van der Waals surface area contributed by atoms with Gasteiger partial charge in [0.2, 0.25) is 0 Å². The molecule has 0 aliphatic heterocycles. The monoisotopic (exact) mass is 279 g/mol. The molecule has 1 aromatic carbocycles. The van der Waals surface area contributed by atoms with Crippen LogP contribution in [0, 0.1) is 5.82 Å². The lowest BCUT2D eigenvalue weighted by atomic mass is 10.1. The van der Waals surface area contributed by atoms with E-state index in [-0.39, 0.29) is 16.4 Å². The number of hydrogen-bond donors (Lipinski definition) is 1. The molecule has 0 bridgehead atoms. The third kappa shape index (κ3) is 3.67. The van der Waals surface area contributed by atoms with Crippen molar-refractivity contribution in [2.24, 2.45) is 5.90 Å². The van der Waals surface area contributed by atoms with Gasteiger partial charge in [-0.05, 0) is 30.4 Å². The fourth-order valence-electron chi connectivity index (χ4n) is 1.42. The van der Waals surface area contributed by atoms with Crippen LogP contribution in [-0.2, 0) is 21.1 Å². The number of benzene rings is 1. The van der Waals surface area contributed by atoms with Gasteiger partial charge >= 0.3 is 0 Å². The van der Waals surface area contributed by atoms with Crippen LogP contribution in [-0.4, -0.2) is 27.5 Å². The summed E-state index contributed by atoms with van der Waals surface area (Å²) in [6.45, 7) is 0.210. The minimum atomic E-state index is -3.45. The van der Waals surface area contributed by atoms with E-state index in [1.807, 2.05) is 0 Å². The fraction of sp³-hybridized carbons (Fsp3) is 0.400. The van der Waals surface area contributed by atoms with E-state index in [0.29, 0.717) is 12.0 Å².